The highest BCUT2D eigenvalue weighted by Gasteiger charge is 2.42. The van der Waals surface area contributed by atoms with E-state index in [1.807, 2.05) is 6.20 Å². The first-order valence-corrected chi connectivity index (χ1v) is 9.19. The summed E-state index contributed by atoms with van der Waals surface area (Å²) < 4.78 is 7.05. The maximum atomic E-state index is 13.1. The van der Waals surface area contributed by atoms with Gasteiger partial charge in [0.1, 0.15) is 11.5 Å². The number of H-pyrrole nitrogens is 1. The predicted octanol–water partition coefficient (Wildman–Crippen LogP) is 3.52. The molecule has 1 N–H and O–H groups in total. The standard InChI is InChI=1S/C21H27N3O2/c1-7-9-15(26-6)11-16-20(25)24-17(23-16)12-22-19-18(24)13(3)10-14(4)21(19,5)8-2/h1,9,12-14,22H,8,10-11H2,2-6H3/b15-9-. The number of allylic oxidation sites excluding steroid dienone is 2. The Kier molecular flexibility index (Phi) is 4.70. The molecule has 1 aliphatic carbocycles. The number of fused-ring (bicyclic) bond motifs is 3. The molecule has 5 nitrogen and oxygen atoms in total. The van der Waals surface area contributed by atoms with Crippen LogP contribution in [0.3, 0.4) is 0 Å². The number of methoxy groups -OCH3 is 1. The Morgan fingerprint density at radius 3 is 2.92 bits per heavy atom. The first-order chi connectivity index (χ1) is 12.4. The maximum absolute atomic E-state index is 13.1. The number of nitrogens with one attached hydrogen (secondary N) is 1. The van der Waals surface area contributed by atoms with Gasteiger partial charge in [-0.15, -0.1) is 6.42 Å². The van der Waals surface area contributed by atoms with Crippen LogP contribution in [0.2, 0.25) is 0 Å². The number of aromatic amines is 1. The number of hydrogen-bond acceptors (Lipinski definition) is 3. The molecule has 2 heterocycles. The SMILES string of the molecule is C#C/C=C(/Cc1nc2c[nH]c3c(n-2c1=O)C(C)CC(C)C3(C)CC)OC. The quantitative estimate of drug-likeness (QED) is 0.676. The molecule has 0 aromatic rings. The fourth-order valence-electron chi connectivity index (χ4n) is 4.27. The van der Waals surface area contributed by atoms with Gasteiger partial charge in [0.25, 0.3) is 5.56 Å². The third-order valence-corrected chi connectivity index (χ3v) is 6.19. The Morgan fingerprint density at radius 2 is 2.31 bits per heavy atom. The van der Waals surface area contributed by atoms with Crippen molar-refractivity contribution in [2.45, 2.75) is 58.3 Å². The second-order valence-corrected chi connectivity index (χ2v) is 7.57. The normalized spacial score (nSPS) is 25.8. The van der Waals surface area contributed by atoms with E-state index in [-0.39, 0.29) is 16.9 Å². The van der Waals surface area contributed by atoms with Crippen LogP contribution in [0.1, 0.15) is 63.5 Å². The number of rotatable bonds is 4. The first kappa shape index (κ1) is 18.3. The van der Waals surface area contributed by atoms with Crippen molar-refractivity contribution in [3.8, 4) is 18.2 Å². The lowest BCUT2D eigenvalue weighted by Crippen LogP contribution is -2.40. The molecule has 5 heteroatoms. The zero-order valence-electron chi connectivity index (χ0n) is 16.2. The molecule has 3 aliphatic rings. The summed E-state index contributed by atoms with van der Waals surface area (Å²) in [5.74, 6) is 4.49. The van der Waals surface area contributed by atoms with Gasteiger partial charge in [-0.05, 0) is 24.7 Å². The van der Waals surface area contributed by atoms with Crippen molar-refractivity contribution < 1.29 is 4.74 Å². The van der Waals surface area contributed by atoms with E-state index in [2.05, 4.69) is 43.6 Å². The zero-order valence-corrected chi connectivity index (χ0v) is 16.2. The van der Waals surface area contributed by atoms with Crippen LogP contribution in [0.25, 0.3) is 5.82 Å². The van der Waals surface area contributed by atoms with Crippen LogP contribution >= 0.6 is 0 Å². The van der Waals surface area contributed by atoms with Gasteiger partial charge in [0.15, 0.2) is 5.82 Å². The van der Waals surface area contributed by atoms with Crippen LogP contribution < -0.4 is 5.56 Å². The van der Waals surface area contributed by atoms with E-state index in [1.165, 1.54) is 6.08 Å². The van der Waals surface area contributed by atoms with Crippen molar-refractivity contribution in [1.29, 1.82) is 0 Å². The summed E-state index contributed by atoms with van der Waals surface area (Å²) in [6, 6.07) is 0. The summed E-state index contributed by atoms with van der Waals surface area (Å²) in [5.41, 5.74) is 2.62. The molecule has 0 spiro atoms. The van der Waals surface area contributed by atoms with E-state index < -0.39 is 0 Å². The highest BCUT2D eigenvalue weighted by molar-refractivity contribution is 5.39. The molecule has 0 radical (unpaired) electrons. The zero-order chi connectivity index (χ0) is 19.1. The lowest BCUT2D eigenvalue weighted by molar-refractivity contribution is 0.236. The third kappa shape index (κ3) is 2.65. The Labute approximate surface area is 154 Å². The molecule has 0 bridgehead atoms. The summed E-state index contributed by atoms with van der Waals surface area (Å²) in [6.45, 7) is 8.98. The van der Waals surface area contributed by atoms with Gasteiger partial charge in [0, 0.05) is 23.4 Å². The molecule has 0 amide bonds. The van der Waals surface area contributed by atoms with Crippen molar-refractivity contribution in [1.82, 2.24) is 14.5 Å². The molecule has 3 unspecified atom stereocenters. The molecule has 3 rings (SSSR count). The fourth-order valence-corrected chi connectivity index (χ4v) is 4.27. The molecule has 3 atom stereocenters. The van der Waals surface area contributed by atoms with Crippen LogP contribution in [0, 0.1) is 18.3 Å². The lowest BCUT2D eigenvalue weighted by Gasteiger charge is -2.43. The molecule has 2 aliphatic heterocycles. The van der Waals surface area contributed by atoms with Gasteiger partial charge in [-0.1, -0.05) is 33.6 Å². The Hall–Kier alpha value is -2.48. The molecular formula is C21H27N3O2. The number of terminal acetylenes is 1. The lowest BCUT2D eigenvalue weighted by atomic mass is 9.64. The molecule has 138 valence electrons. The molecule has 26 heavy (non-hydrogen) atoms. The van der Waals surface area contributed by atoms with Crippen molar-refractivity contribution in [3.63, 3.8) is 0 Å². The number of ether oxygens (including phenoxy) is 1. The molecular weight excluding hydrogens is 326 g/mol. The minimum absolute atomic E-state index is 0.0218. The maximum Gasteiger partial charge on any atom is 0.278 e. The van der Waals surface area contributed by atoms with Gasteiger partial charge in [-0.25, -0.2) is 4.98 Å². The predicted molar refractivity (Wildman–Crippen MR) is 103 cm³/mol. The topological polar surface area (TPSA) is 59.9 Å². The number of hydrogen-bond donors (Lipinski definition) is 1. The summed E-state index contributed by atoms with van der Waals surface area (Å²) in [4.78, 5) is 21.1. The molecule has 0 aromatic carbocycles. The number of nitrogens with zero attached hydrogens (tertiary/aromatic N) is 2. The highest BCUT2D eigenvalue weighted by Crippen LogP contribution is 2.47. The molecule has 0 fully saturated rings. The van der Waals surface area contributed by atoms with E-state index >= 15 is 0 Å². The summed E-state index contributed by atoms with van der Waals surface area (Å²) in [5, 5.41) is 0. The van der Waals surface area contributed by atoms with Crippen molar-refractivity contribution >= 4 is 0 Å². The number of imidazole rings is 1. The van der Waals surface area contributed by atoms with Crippen LogP contribution in [0.5, 0.6) is 0 Å². The summed E-state index contributed by atoms with van der Waals surface area (Å²) >= 11 is 0. The van der Waals surface area contributed by atoms with Crippen molar-refractivity contribution in [2.24, 2.45) is 5.92 Å². The second-order valence-electron chi connectivity index (χ2n) is 7.57. The monoisotopic (exact) mass is 353 g/mol. The van der Waals surface area contributed by atoms with Gasteiger partial charge >= 0.3 is 0 Å². The van der Waals surface area contributed by atoms with Gasteiger partial charge in [0.2, 0.25) is 0 Å². The summed E-state index contributed by atoms with van der Waals surface area (Å²) in [7, 11) is 1.55. The molecule has 0 saturated carbocycles. The van der Waals surface area contributed by atoms with Crippen LogP contribution in [0.4, 0.5) is 0 Å². The minimum Gasteiger partial charge on any atom is -0.500 e. The molecule has 0 aromatic heterocycles. The van der Waals surface area contributed by atoms with E-state index in [4.69, 9.17) is 11.2 Å². The van der Waals surface area contributed by atoms with Gasteiger partial charge in [0.05, 0.1) is 19.2 Å². The largest absolute Gasteiger partial charge is 0.500 e. The third-order valence-electron chi connectivity index (χ3n) is 6.19. The van der Waals surface area contributed by atoms with Crippen molar-refractivity contribution in [2.75, 3.05) is 7.11 Å². The van der Waals surface area contributed by atoms with E-state index in [1.54, 1.807) is 11.7 Å². The Morgan fingerprint density at radius 1 is 1.58 bits per heavy atom. The van der Waals surface area contributed by atoms with Gasteiger partial charge in [-0.2, -0.15) is 0 Å². The second kappa shape index (κ2) is 6.68. The highest BCUT2D eigenvalue weighted by atomic mass is 16.5. The first-order valence-electron chi connectivity index (χ1n) is 9.19. The van der Waals surface area contributed by atoms with Crippen LogP contribution in [0.15, 0.2) is 22.8 Å². The fraction of sp³-hybridized carbons (Fsp3) is 0.524. The van der Waals surface area contributed by atoms with Gasteiger partial charge in [-0.3, -0.25) is 9.36 Å². The Balaban J connectivity index is 2.21. The van der Waals surface area contributed by atoms with Crippen LogP contribution in [-0.4, -0.2) is 21.6 Å². The van der Waals surface area contributed by atoms with Gasteiger partial charge < -0.3 is 9.72 Å². The molecule has 0 saturated heterocycles. The summed E-state index contributed by atoms with van der Waals surface area (Å²) in [6.07, 6.45) is 11.1. The minimum atomic E-state index is -0.0786. The number of aromatic nitrogens is 3. The van der Waals surface area contributed by atoms with E-state index in [0.29, 0.717) is 29.6 Å². The van der Waals surface area contributed by atoms with E-state index in [9.17, 15) is 4.79 Å². The average Bonchev–Trinajstić information content (AvgIpc) is 2.94. The van der Waals surface area contributed by atoms with E-state index in [0.717, 1.165) is 24.2 Å². The smallest absolute Gasteiger partial charge is 0.278 e. The van der Waals surface area contributed by atoms with Crippen LogP contribution in [-0.2, 0) is 16.6 Å². The average molecular weight is 353 g/mol. The Bertz CT molecular complexity index is 914. The van der Waals surface area contributed by atoms with Crippen molar-refractivity contribution in [3.05, 3.63) is 45.5 Å².